The van der Waals surface area contributed by atoms with Crippen LogP contribution in [-0.2, 0) is 4.74 Å². The van der Waals surface area contributed by atoms with Gasteiger partial charge in [-0.15, -0.1) is 0 Å². The van der Waals surface area contributed by atoms with Gasteiger partial charge in [0.25, 0.3) is 5.56 Å². The molecule has 134 valence electrons. The normalized spacial score (nSPS) is 24.3. The van der Waals surface area contributed by atoms with E-state index in [1.165, 1.54) is 0 Å². The van der Waals surface area contributed by atoms with Gasteiger partial charge < -0.3 is 15.2 Å². The Bertz CT molecular complexity index is 865. The molecule has 3 heterocycles. The van der Waals surface area contributed by atoms with Crippen LogP contribution in [0.1, 0.15) is 37.3 Å². The molecule has 1 saturated carbocycles. The summed E-state index contributed by atoms with van der Waals surface area (Å²) in [7, 11) is 0. The summed E-state index contributed by atoms with van der Waals surface area (Å²) in [4.78, 5) is 21.8. The van der Waals surface area contributed by atoms with E-state index in [1.54, 1.807) is 10.8 Å². The standard InChI is InChI=1S/C17H21BrN4O3/c1-9-11-7-19-17(20-12-5-6-25-8-13(12)23)21-15(11)22(10-3-2-4-10)16(24)14(9)18/h7,10,12-13,23H,2-6,8H2,1H3,(H,19,20,21)/t12?,13-/m1/s1. The highest BCUT2D eigenvalue weighted by molar-refractivity contribution is 9.10. The third-order valence-corrected chi connectivity index (χ3v) is 6.15. The molecule has 8 heteroatoms. The van der Waals surface area contributed by atoms with Gasteiger partial charge in [-0.05, 0) is 54.1 Å². The Morgan fingerprint density at radius 2 is 2.20 bits per heavy atom. The minimum atomic E-state index is -0.589. The van der Waals surface area contributed by atoms with E-state index in [9.17, 15) is 9.90 Å². The third-order valence-electron chi connectivity index (χ3n) is 5.22. The first-order valence-corrected chi connectivity index (χ1v) is 9.45. The number of ether oxygens (including phenoxy) is 1. The van der Waals surface area contributed by atoms with Gasteiger partial charge in [-0.25, -0.2) is 4.98 Å². The van der Waals surface area contributed by atoms with E-state index in [0.717, 1.165) is 30.2 Å². The Labute approximate surface area is 153 Å². The lowest BCUT2D eigenvalue weighted by atomic mass is 9.92. The van der Waals surface area contributed by atoms with E-state index < -0.39 is 6.10 Å². The highest BCUT2D eigenvalue weighted by Crippen LogP contribution is 2.34. The molecule has 1 saturated heterocycles. The molecule has 0 aromatic carbocycles. The minimum Gasteiger partial charge on any atom is -0.389 e. The summed E-state index contributed by atoms with van der Waals surface area (Å²) in [6.45, 7) is 2.81. The van der Waals surface area contributed by atoms with E-state index in [2.05, 4.69) is 31.2 Å². The van der Waals surface area contributed by atoms with Crippen molar-refractivity contribution in [1.82, 2.24) is 14.5 Å². The fourth-order valence-corrected chi connectivity index (χ4v) is 3.82. The number of nitrogens with zero attached hydrogens (tertiary/aromatic N) is 3. The second kappa shape index (κ2) is 6.66. The number of aliphatic hydroxyl groups excluding tert-OH is 1. The Morgan fingerprint density at radius 3 is 2.88 bits per heavy atom. The van der Waals surface area contributed by atoms with Crippen molar-refractivity contribution in [3.05, 3.63) is 26.6 Å². The molecular weight excluding hydrogens is 388 g/mol. The first kappa shape index (κ1) is 16.9. The number of hydrogen-bond donors (Lipinski definition) is 2. The average molecular weight is 409 g/mol. The van der Waals surface area contributed by atoms with Crippen LogP contribution in [0.3, 0.4) is 0 Å². The van der Waals surface area contributed by atoms with Crippen LogP contribution in [0.25, 0.3) is 11.0 Å². The van der Waals surface area contributed by atoms with Crippen molar-refractivity contribution in [2.24, 2.45) is 0 Å². The summed E-state index contributed by atoms with van der Waals surface area (Å²) in [6.07, 6.45) is 4.98. The number of anilines is 1. The molecule has 1 unspecified atom stereocenters. The highest BCUT2D eigenvalue weighted by Gasteiger charge is 2.27. The molecule has 0 radical (unpaired) electrons. The topological polar surface area (TPSA) is 89.3 Å². The molecule has 2 atom stereocenters. The van der Waals surface area contributed by atoms with Crippen LogP contribution in [0.15, 0.2) is 15.5 Å². The van der Waals surface area contributed by atoms with Crippen LogP contribution in [0.4, 0.5) is 5.95 Å². The molecule has 0 bridgehead atoms. The Balaban J connectivity index is 1.78. The second-order valence-corrected chi connectivity index (χ2v) is 7.60. The van der Waals surface area contributed by atoms with Crippen molar-refractivity contribution < 1.29 is 9.84 Å². The number of aliphatic hydroxyl groups is 1. The summed E-state index contributed by atoms with van der Waals surface area (Å²) in [5.74, 6) is 0.438. The molecule has 7 nitrogen and oxygen atoms in total. The number of fused-ring (bicyclic) bond motifs is 1. The smallest absolute Gasteiger partial charge is 0.267 e. The van der Waals surface area contributed by atoms with Crippen LogP contribution >= 0.6 is 15.9 Å². The Hall–Kier alpha value is -1.51. The van der Waals surface area contributed by atoms with Crippen LogP contribution in [0.5, 0.6) is 0 Å². The van der Waals surface area contributed by atoms with Gasteiger partial charge in [-0.1, -0.05) is 0 Å². The summed E-state index contributed by atoms with van der Waals surface area (Å²) in [6, 6.07) is 0.0509. The molecule has 2 aromatic heterocycles. The van der Waals surface area contributed by atoms with Gasteiger partial charge in [-0.2, -0.15) is 4.98 Å². The molecule has 0 spiro atoms. The number of rotatable bonds is 3. The minimum absolute atomic E-state index is 0.0366. The van der Waals surface area contributed by atoms with E-state index in [1.807, 2.05) is 6.92 Å². The Kier molecular flexibility index (Phi) is 4.51. The zero-order valence-electron chi connectivity index (χ0n) is 14.0. The first-order valence-electron chi connectivity index (χ1n) is 8.66. The quantitative estimate of drug-likeness (QED) is 0.808. The zero-order valence-corrected chi connectivity index (χ0v) is 15.6. The van der Waals surface area contributed by atoms with Crippen LogP contribution < -0.4 is 10.9 Å². The average Bonchev–Trinajstić information content (AvgIpc) is 2.57. The van der Waals surface area contributed by atoms with E-state index >= 15 is 0 Å². The number of aryl methyl sites for hydroxylation is 1. The summed E-state index contributed by atoms with van der Waals surface area (Å²) < 4.78 is 7.63. The fraction of sp³-hybridized carbons (Fsp3) is 0.588. The highest BCUT2D eigenvalue weighted by atomic mass is 79.9. The third kappa shape index (κ3) is 2.96. The van der Waals surface area contributed by atoms with Gasteiger partial charge in [-0.3, -0.25) is 9.36 Å². The van der Waals surface area contributed by atoms with Gasteiger partial charge in [0, 0.05) is 24.2 Å². The molecule has 1 aliphatic carbocycles. The number of pyridine rings is 1. The van der Waals surface area contributed by atoms with Crippen molar-refractivity contribution in [2.45, 2.75) is 50.8 Å². The van der Waals surface area contributed by atoms with Crippen molar-refractivity contribution in [2.75, 3.05) is 18.5 Å². The van der Waals surface area contributed by atoms with Crippen LogP contribution in [0, 0.1) is 6.92 Å². The summed E-state index contributed by atoms with van der Waals surface area (Å²) in [5, 5.41) is 14.1. The molecule has 2 N–H and O–H groups in total. The van der Waals surface area contributed by atoms with Gasteiger partial charge >= 0.3 is 0 Å². The van der Waals surface area contributed by atoms with Gasteiger partial charge in [0.15, 0.2) is 0 Å². The number of hydrogen-bond acceptors (Lipinski definition) is 6. The molecular formula is C17H21BrN4O3. The molecule has 2 aromatic rings. The number of nitrogens with one attached hydrogen (secondary N) is 1. The lowest BCUT2D eigenvalue weighted by Crippen LogP contribution is -2.42. The van der Waals surface area contributed by atoms with Crippen molar-refractivity contribution in [3.8, 4) is 0 Å². The summed E-state index contributed by atoms with van der Waals surface area (Å²) in [5.41, 5.74) is 1.48. The molecule has 25 heavy (non-hydrogen) atoms. The monoisotopic (exact) mass is 408 g/mol. The molecule has 2 aliphatic rings. The van der Waals surface area contributed by atoms with Crippen LogP contribution in [-0.4, -0.2) is 45.0 Å². The predicted octanol–water partition coefficient (Wildman–Crippen LogP) is 2.15. The molecule has 2 fully saturated rings. The lowest BCUT2D eigenvalue weighted by molar-refractivity contribution is -0.0136. The SMILES string of the molecule is Cc1c(Br)c(=O)n(C2CCC2)c2nc(NC3CCOC[C@H]3O)ncc12. The van der Waals surface area contributed by atoms with E-state index in [-0.39, 0.29) is 17.6 Å². The van der Waals surface area contributed by atoms with E-state index in [0.29, 0.717) is 35.7 Å². The first-order chi connectivity index (χ1) is 12.1. The lowest BCUT2D eigenvalue weighted by Gasteiger charge is -2.30. The number of halogens is 1. The maximum atomic E-state index is 12.8. The van der Waals surface area contributed by atoms with Crippen LogP contribution in [0.2, 0.25) is 0 Å². The van der Waals surface area contributed by atoms with Gasteiger partial charge in [0.1, 0.15) is 5.65 Å². The van der Waals surface area contributed by atoms with Gasteiger partial charge in [0.05, 0.1) is 23.2 Å². The zero-order chi connectivity index (χ0) is 17.6. The maximum absolute atomic E-state index is 12.8. The largest absolute Gasteiger partial charge is 0.389 e. The molecule has 4 rings (SSSR count). The van der Waals surface area contributed by atoms with Gasteiger partial charge in [0.2, 0.25) is 5.95 Å². The second-order valence-electron chi connectivity index (χ2n) is 6.81. The van der Waals surface area contributed by atoms with Crippen molar-refractivity contribution >= 4 is 32.9 Å². The summed E-state index contributed by atoms with van der Waals surface area (Å²) >= 11 is 3.43. The molecule has 1 aliphatic heterocycles. The number of aromatic nitrogens is 3. The predicted molar refractivity (Wildman–Crippen MR) is 98.0 cm³/mol. The maximum Gasteiger partial charge on any atom is 0.267 e. The van der Waals surface area contributed by atoms with Crippen molar-refractivity contribution in [3.63, 3.8) is 0 Å². The van der Waals surface area contributed by atoms with Crippen molar-refractivity contribution in [1.29, 1.82) is 0 Å². The fourth-order valence-electron chi connectivity index (χ4n) is 3.41. The molecule has 0 amide bonds. The van der Waals surface area contributed by atoms with E-state index in [4.69, 9.17) is 4.74 Å². The Morgan fingerprint density at radius 1 is 1.40 bits per heavy atom.